The van der Waals surface area contributed by atoms with Gasteiger partial charge in [0.25, 0.3) is 0 Å². The van der Waals surface area contributed by atoms with Crippen LogP contribution in [-0.2, 0) is 9.53 Å². The van der Waals surface area contributed by atoms with Gasteiger partial charge in [0.2, 0.25) is 0 Å². The van der Waals surface area contributed by atoms with Crippen LogP contribution >= 0.6 is 11.6 Å². The number of carbonyl (C=O) groups is 2. The average Bonchev–Trinajstić information content (AvgIpc) is 2.82. The Labute approximate surface area is 221 Å². The predicted octanol–water partition coefficient (Wildman–Crippen LogP) is 4.76. The first kappa shape index (κ1) is 29.1. The van der Waals surface area contributed by atoms with Gasteiger partial charge in [-0.1, -0.05) is 11.6 Å². The maximum Gasteiger partial charge on any atom is 0.407 e. The number of allylic oxidation sites excluding steroid dienone is 1. The molecule has 0 aliphatic heterocycles. The Bertz CT molecular complexity index is 1240. The summed E-state index contributed by atoms with van der Waals surface area (Å²) in [5.74, 6) is 0. The number of carbonyl (C=O) groups excluding carboxylic acids is 2. The van der Waals surface area contributed by atoms with E-state index in [1.54, 1.807) is 45.9 Å². The summed E-state index contributed by atoms with van der Waals surface area (Å²) in [5, 5.41) is 25.1. The fourth-order valence-electron chi connectivity index (χ4n) is 3.25. The second kappa shape index (κ2) is 12.7. The van der Waals surface area contributed by atoms with Gasteiger partial charge in [0.1, 0.15) is 22.4 Å². The molecule has 0 radical (unpaired) electrons. The number of alkyl carbamates (subject to hydrolysis) is 1. The molecule has 0 aliphatic rings. The van der Waals surface area contributed by atoms with Crippen LogP contribution in [0, 0.1) is 11.3 Å². The van der Waals surface area contributed by atoms with E-state index in [0.717, 1.165) is 0 Å². The van der Waals surface area contributed by atoms with Crippen molar-refractivity contribution in [2.45, 2.75) is 39.3 Å². The van der Waals surface area contributed by atoms with Crippen LogP contribution in [0.1, 0.15) is 38.8 Å². The van der Waals surface area contributed by atoms with Crippen LogP contribution in [0.15, 0.2) is 47.3 Å². The van der Waals surface area contributed by atoms with Crippen molar-refractivity contribution in [3.63, 3.8) is 0 Å². The number of hydrogen-bond acceptors (Lipinski definition) is 9. The van der Waals surface area contributed by atoms with Crippen molar-refractivity contribution >= 4 is 46.8 Å². The Morgan fingerprint density at radius 3 is 2.62 bits per heavy atom. The number of amides is 1. The molecule has 1 unspecified atom stereocenters. The summed E-state index contributed by atoms with van der Waals surface area (Å²) in [6.45, 7) is 7.17. The first-order chi connectivity index (χ1) is 17.4. The second-order valence-corrected chi connectivity index (χ2v) is 9.66. The smallest absolute Gasteiger partial charge is 0.407 e. The monoisotopic (exact) mass is 526 g/mol. The van der Waals surface area contributed by atoms with Gasteiger partial charge in [-0.05, 0) is 52.0 Å². The third-order valence-corrected chi connectivity index (χ3v) is 5.15. The molecule has 1 amide bonds. The lowest BCUT2D eigenvalue weighted by molar-refractivity contribution is -0.104. The number of aliphatic imine (C=N–C) groups is 1. The number of pyridine rings is 1. The number of nitrogens with one attached hydrogen (secondary N) is 2. The summed E-state index contributed by atoms with van der Waals surface area (Å²) in [6, 6.07) is 8.52. The molecule has 2 rings (SSSR count). The predicted molar refractivity (Wildman–Crippen MR) is 145 cm³/mol. The van der Waals surface area contributed by atoms with Gasteiger partial charge in [-0.15, -0.1) is 0 Å². The summed E-state index contributed by atoms with van der Waals surface area (Å²) in [4.78, 5) is 34.3. The summed E-state index contributed by atoms with van der Waals surface area (Å²) in [5.41, 5.74) is 1.98. The number of benzene rings is 1. The number of aromatic nitrogens is 1. The van der Waals surface area contributed by atoms with Gasteiger partial charge in [-0.25, -0.2) is 9.78 Å². The Kier molecular flexibility index (Phi) is 10.0. The number of nitrogens with zero attached hydrogens (tertiary/aromatic N) is 4. The Balaban J connectivity index is 2.51. The van der Waals surface area contributed by atoms with Gasteiger partial charge in [-0.2, -0.15) is 5.26 Å². The van der Waals surface area contributed by atoms with E-state index in [0.29, 0.717) is 35.2 Å². The highest BCUT2D eigenvalue weighted by Crippen LogP contribution is 2.30. The minimum absolute atomic E-state index is 0.0472. The van der Waals surface area contributed by atoms with Crippen LogP contribution in [0.2, 0.25) is 5.15 Å². The molecule has 1 aromatic heterocycles. The van der Waals surface area contributed by atoms with E-state index < -0.39 is 17.7 Å². The van der Waals surface area contributed by atoms with E-state index in [2.05, 4.69) is 20.6 Å². The van der Waals surface area contributed by atoms with Gasteiger partial charge in [0, 0.05) is 43.8 Å². The molecule has 3 N–H and O–H groups in total. The molecular weight excluding hydrogens is 496 g/mol. The third kappa shape index (κ3) is 8.22. The molecule has 0 saturated heterocycles. The number of aliphatic hydroxyl groups excluding tert-OH is 1. The van der Waals surface area contributed by atoms with Gasteiger partial charge in [0.05, 0.1) is 29.3 Å². The molecule has 0 aliphatic carbocycles. The molecule has 0 fully saturated rings. The SMILES string of the molecule is CC(CNC(=O)OC(C)(C)C)N=C(C(C=O)=CO)c1cc(Nc2ccnc(Cl)c2C#N)ccc1N(C)C. The van der Waals surface area contributed by atoms with Crippen LogP contribution in [-0.4, -0.2) is 60.5 Å². The largest absolute Gasteiger partial charge is 0.515 e. The zero-order valence-corrected chi connectivity index (χ0v) is 22.4. The molecule has 1 heterocycles. The van der Waals surface area contributed by atoms with E-state index in [1.807, 2.05) is 31.1 Å². The van der Waals surface area contributed by atoms with Gasteiger partial charge in [0.15, 0.2) is 6.29 Å². The molecule has 0 bridgehead atoms. The van der Waals surface area contributed by atoms with Crippen molar-refractivity contribution in [1.29, 1.82) is 5.26 Å². The number of hydrogen-bond donors (Lipinski definition) is 3. The van der Waals surface area contributed by atoms with E-state index in [-0.39, 0.29) is 28.5 Å². The van der Waals surface area contributed by atoms with Crippen molar-refractivity contribution in [1.82, 2.24) is 10.3 Å². The lowest BCUT2D eigenvalue weighted by atomic mass is 10.00. The maximum atomic E-state index is 12.1. The number of aldehydes is 1. The molecule has 196 valence electrons. The lowest BCUT2D eigenvalue weighted by Crippen LogP contribution is -2.36. The summed E-state index contributed by atoms with van der Waals surface area (Å²) >= 11 is 6.06. The van der Waals surface area contributed by atoms with Crippen LogP contribution in [0.4, 0.5) is 21.9 Å². The molecule has 0 saturated carbocycles. The summed E-state index contributed by atoms with van der Waals surface area (Å²) in [7, 11) is 3.66. The highest BCUT2D eigenvalue weighted by molar-refractivity contribution is 6.31. The minimum Gasteiger partial charge on any atom is -0.515 e. The van der Waals surface area contributed by atoms with Crippen molar-refractivity contribution in [3.8, 4) is 6.07 Å². The van der Waals surface area contributed by atoms with Crippen molar-refractivity contribution in [2.24, 2.45) is 4.99 Å². The van der Waals surface area contributed by atoms with Crippen molar-refractivity contribution < 1.29 is 19.4 Å². The van der Waals surface area contributed by atoms with Gasteiger partial charge < -0.3 is 25.4 Å². The minimum atomic E-state index is -0.648. The average molecular weight is 527 g/mol. The standard InChI is InChI=1S/C26H31ClN6O4/c1-16(13-30-25(36)37-26(2,3)4)31-23(17(14-34)15-35)19-11-18(7-8-22(19)33(5)6)32-21-9-10-29-24(27)20(21)12-28/h7-11,14-16,34H,13H2,1-6H3,(H,29,32)(H,30,36). The second-order valence-electron chi connectivity index (χ2n) is 9.30. The summed E-state index contributed by atoms with van der Waals surface area (Å²) in [6.07, 6.45) is 2.08. The Morgan fingerprint density at radius 1 is 1.35 bits per heavy atom. The number of rotatable bonds is 9. The summed E-state index contributed by atoms with van der Waals surface area (Å²) < 4.78 is 5.26. The molecular formula is C26H31ClN6O4. The van der Waals surface area contributed by atoms with Crippen LogP contribution < -0.4 is 15.5 Å². The number of ether oxygens (including phenoxy) is 1. The highest BCUT2D eigenvalue weighted by Gasteiger charge is 2.20. The molecule has 11 heteroatoms. The van der Waals surface area contributed by atoms with Crippen LogP contribution in [0.3, 0.4) is 0 Å². The van der Waals surface area contributed by atoms with Crippen LogP contribution in [0.25, 0.3) is 0 Å². The van der Waals surface area contributed by atoms with E-state index in [1.165, 1.54) is 6.20 Å². The van der Waals surface area contributed by atoms with Crippen molar-refractivity contribution in [2.75, 3.05) is 30.9 Å². The third-order valence-electron chi connectivity index (χ3n) is 4.86. The Hall–Kier alpha value is -4.10. The zero-order chi connectivity index (χ0) is 27.8. The number of halogens is 1. The first-order valence-electron chi connectivity index (χ1n) is 11.4. The Morgan fingerprint density at radius 2 is 2.05 bits per heavy atom. The molecule has 37 heavy (non-hydrogen) atoms. The van der Waals surface area contributed by atoms with E-state index in [9.17, 15) is 20.0 Å². The van der Waals surface area contributed by atoms with E-state index >= 15 is 0 Å². The van der Waals surface area contributed by atoms with E-state index in [4.69, 9.17) is 16.3 Å². The number of nitriles is 1. The molecule has 1 atom stereocenters. The maximum absolute atomic E-state index is 12.1. The molecule has 0 spiro atoms. The van der Waals surface area contributed by atoms with Gasteiger partial charge >= 0.3 is 6.09 Å². The van der Waals surface area contributed by atoms with Crippen molar-refractivity contribution in [3.05, 3.63) is 58.6 Å². The van der Waals surface area contributed by atoms with Crippen LogP contribution in [0.5, 0.6) is 0 Å². The topological polar surface area (TPSA) is 140 Å². The number of aliphatic hydroxyl groups is 1. The molecule has 10 nitrogen and oxygen atoms in total. The fourth-order valence-corrected chi connectivity index (χ4v) is 3.45. The quantitative estimate of drug-likeness (QED) is 0.140. The molecule has 1 aromatic carbocycles. The fraction of sp³-hybridized carbons (Fsp3) is 0.346. The highest BCUT2D eigenvalue weighted by atomic mass is 35.5. The van der Waals surface area contributed by atoms with Gasteiger partial charge in [-0.3, -0.25) is 9.79 Å². The first-order valence-corrected chi connectivity index (χ1v) is 11.8. The molecule has 2 aromatic rings. The lowest BCUT2D eigenvalue weighted by Gasteiger charge is -2.22. The zero-order valence-electron chi connectivity index (χ0n) is 21.7. The normalized spacial score (nSPS) is 12.8. The number of anilines is 3.